The number of nitrogens with two attached hydrogens (primary N) is 1. The Morgan fingerprint density at radius 1 is 1.50 bits per heavy atom. The van der Waals surface area contributed by atoms with Gasteiger partial charge in [0.05, 0.1) is 11.2 Å². The zero-order valence-corrected chi connectivity index (χ0v) is 9.61. The van der Waals surface area contributed by atoms with Gasteiger partial charge in [0.2, 0.25) is 0 Å². The minimum absolute atomic E-state index is 0.130. The number of nitrogens with zero attached hydrogens (tertiary/aromatic N) is 2. The van der Waals surface area contributed by atoms with Crippen molar-refractivity contribution in [2.45, 2.75) is 38.1 Å². The molecule has 0 bridgehead atoms. The number of pyridine rings is 1. The van der Waals surface area contributed by atoms with Crippen molar-refractivity contribution in [1.82, 2.24) is 9.61 Å². The zero-order valence-electron chi connectivity index (χ0n) is 9.61. The van der Waals surface area contributed by atoms with Gasteiger partial charge in [-0.25, -0.2) is 4.52 Å². The van der Waals surface area contributed by atoms with Gasteiger partial charge in [0, 0.05) is 11.7 Å². The summed E-state index contributed by atoms with van der Waals surface area (Å²) in [6, 6.07) is 6.33. The van der Waals surface area contributed by atoms with Crippen LogP contribution in [0.2, 0.25) is 0 Å². The van der Waals surface area contributed by atoms with Crippen LogP contribution in [0.5, 0.6) is 0 Å². The molecule has 0 saturated heterocycles. The highest BCUT2D eigenvalue weighted by molar-refractivity contribution is 5.54. The van der Waals surface area contributed by atoms with Gasteiger partial charge in [0.25, 0.3) is 0 Å². The number of aryl methyl sites for hydroxylation is 2. The van der Waals surface area contributed by atoms with Gasteiger partial charge in [0.15, 0.2) is 0 Å². The largest absolute Gasteiger partial charge is 0.325 e. The molecule has 1 saturated carbocycles. The maximum Gasteiger partial charge on any atom is 0.0693 e. The first-order valence-corrected chi connectivity index (χ1v) is 5.89. The van der Waals surface area contributed by atoms with Crippen molar-refractivity contribution in [2.75, 3.05) is 0 Å². The fourth-order valence-electron chi connectivity index (χ4n) is 2.12. The molecule has 0 radical (unpaired) electrons. The molecule has 0 aromatic carbocycles. The molecule has 1 fully saturated rings. The van der Waals surface area contributed by atoms with Crippen molar-refractivity contribution >= 4 is 5.52 Å². The summed E-state index contributed by atoms with van der Waals surface area (Å²) in [7, 11) is 0. The molecule has 1 aliphatic carbocycles. The van der Waals surface area contributed by atoms with E-state index in [0.717, 1.165) is 18.5 Å². The van der Waals surface area contributed by atoms with E-state index in [-0.39, 0.29) is 5.54 Å². The van der Waals surface area contributed by atoms with E-state index >= 15 is 0 Å². The molecule has 0 atom stereocenters. The molecule has 2 aromatic heterocycles. The quantitative estimate of drug-likeness (QED) is 0.851. The number of rotatable bonds is 3. The van der Waals surface area contributed by atoms with Crippen LogP contribution in [0.3, 0.4) is 0 Å². The van der Waals surface area contributed by atoms with E-state index in [1.165, 1.54) is 23.9 Å². The SMILES string of the molecule is Cc1cccn2nc(CCC3(N)CC3)cc12. The Bertz CT molecular complexity index is 523. The van der Waals surface area contributed by atoms with E-state index in [9.17, 15) is 0 Å². The molecule has 1 aliphatic rings. The lowest BCUT2D eigenvalue weighted by molar-refractivity contribution is 0.601. The number of fused-ring (bicyclic) bond motifs is 1. The molecule has 3 heteroatoms. The summed E-state index contributed by atoms with van der Waals surface area (Å²) >= 11 is 0. The molecule has 0 unspecified atom stereocenters. The Balaban J connectivity index is 1.85. The van der Waals surface area contributed by atoms with Crippen molar-refractivity contribution in [1.29, 1.82) is 0 Å². The summed E-state index contributed by atoms with van der Waals surface area (Å²) in [6.45, 7) is 2.12. The third-order valence-corrected chi connectivity index (χ3v) is 3.54. The van der Waals surface area contributed by atoms with Crippen molar-refractivity contribution < 1.29 is 0 Å². The maximum atomic E-state index is 6.08. The second-order valence-electron chi connectivity index (χ2n) is 5.02. The van der Waals surface area contributed by atoms with Gasteiger partial charge in [0.1, 0.15) is 0 Å². The van der Waals surface area contributed by atoms with Crippen LogP contribution in [0, 0.1) is 6.92 Å². The van der Waals surface area contributed by atoms with Gasteiger partial charge in [-0.05, 0) is 50.3 Å². The summed E-state index contributed by atoms with van der Waals surface area (Å²) in [5, 5.41) is 4.57. The van der Waals surface area contributed by atoms with Crippen molar-refractivity contribution in [2.24, 2.45) is 5.73 Å². The van der Waals surface area contributed by atoms with Crippen LogP contribution in [-0.4, -0.2) is 15.2 Å². The summed E-state index contributed by atoms with van der Waals surface area (Å²) in [5.74, 6) is 0. The van der Waals surface area contributed by atoms with Crippen LogP contribution in [0.25, 0.3) is 5.52 Å². The van der Waals surface area contributed by atoms with Crippen LogP contribution in [-0.2, 0) is 6.42 Å². The van der Waals surface area contributed by atoms with E-state index in [1.807, 2.05) is 16.8 Å². The lowest BCUT2D eigenvalue weighted by atomic mass is 10.1. The molecule has 16 heavy (non-hydrogen) atoms. The van der Waals surface area contributed by atoms with Gasteiger partial charge in [-0.2, -0.15) is 5.10 Å². The first-order valence-electron chi connectivity index (χ1n) is 5.89. The summed E-state index contributed by atoms with van der Waals surface area (Å²) in [4.78, 5) is 0. The molecule has 2 aromatic rings. The molecule has 84 valence electrons. The number of hydrogen-bond acceptors (Lipinski definition) is 2. The van der Waals surface area contributed by atoms with Crippen LogP contribution >= 0.6 is 0 Å². The van der Waals surface area contributed by atoms with Crippen LogP contribution in [0.1, 0.15) is 30.5 Å². The Morgan fingerprint density at radius 2 is 2.31 bits per heavy atom. The molecule has 2 heterocycles. The topological polar surface area (TPSA) is 43.3 Å². The van der Waals surface area contributed by atoms with Gasteiger partial charge in [-0.3, -0.25) is 0 Å². The van der Waals surface area contributed by atoms with Gasteiger partial charge in [-0.1, -0.05) is 6.07 Å². The molecular formula is C13H17N3. The highest BCUT2D eigenvalue weighted by Crippen LogP contribution is 2.36. The normalized spacial score (nSPS) is 17.9. The predicted octanol–water partition coefficient (Wildman–Crippen LogP) is 2.07. The van der Waals surface area contributed by atoms with E-state index < -0.39 is 0 Å². The van der Waals surface area contributed by atoms with E-state index in [1.54, 1.807) is 0 Å². The van der Waals surface area contributed by atoms with Gasteiger partial charge in [-0.15, -0.1) is 0 Å². The predicted molar refractivity (Wildman–Crippen MR) is 64.4 cm³/mol. The lowest BCUT2D eigenvalue weighted by Crippen LogP contribution is -2.22. The van der Waals surface area contributed by atoms with E-state index in [2.05, 4.69) is 24.2 Å². The summed E-state index contributed by atoms with van der Waals surface area (Å²) in [6.07, 6.45) is 6.42. The average molecular weight is 215 g/mol. The number of aromatic nitrogens is 2. The first kappa shape index (κ1) is 9.85. The second-order valence-corrected chi connectivity index (χ2v) is 5.02. The van der Waals surface area contributed by atoms with Crippen molar-refractivity contribution in [3.63, 3.8) is 0 Å². The van der Waals surface area contributed by atoms with Crippen molar-refractivity contribution in [3.8, 4) is 0 Å². The minimum atomic E-state index is 0.130. The standard InChI is InChI=1S/C13H17N3/c1-10-3-2-8-16-12(10)9-11(15-16)4-5-13(14)6-7-13/h2-3,8-9H,4-7,14H2,1H3. The highest BCUT2D eigenvalue weighted by atomic mass is 15.2. The fraction of sp³-hybridized carbons (Fsp3) is 0.462. The Morgan fingerprint density at radius 3 is 3.00 bits per heavy atom. The molecule has 3 nitrogen and oxygen atoms in total. The third kappa shape index (κ3) is 1.71. The third-order valence-electron chi connectivity index (χ3n) is 3.54. The fourth-order valence-corrected chi connectivity index (χ4v) is 2.12. The molecule has 3 rings (SSSR count). The summed E-state index contributed by atoms with van der Waals surface area (Å²) < 4.78 is 1.96. The second kappa shape index (κ2) is 3.32. The monoisotopic (exact) mass is 215 g/mol. The lowest BCUT2D eigenvalue weighted by Gasteiger charge is -2.04. The molecule has 0 spiro atoms. The Labute approximate surface area is 95.3 Å². The van der Waals surface area contributed by atoms with Gasteiger partial charge >= 0.3 is 0 Å². The minimum Gasteiger partial charge on any atom is -0.325 e. The maximum absolute atomic E-state index is 6.08. The molecule has 0 aliphatic heterocycles. The molecular weight excluding hydrogens is 198 g/mol. The smallest absolute Gasteiger partial charge is 0.0693 e. The molecule has 0 amide bonds. The number of hydrogen-bond donors (Lipinski definition) is 1. The average Bonchev–Trinajstić information content (AvgIpc) is 2.84. The van der Waals surface area contributed by atoms with Crippen molar-refractivity contribution in [3.05, 3.63) is 35.7 Å². The van der Waals surface area contributed by atoms with E-state index in [0.29, 0.717) is 0 Å². The first-order chi connectivity index (χ1) is 7.66. The van der Waals surface area contributed by atoms with Crippen LogP contribution in [0.15, 0.2) is 24.4 Å². The highest BCUT2D eigenvalue weighted by Gasteiger charge is 2.37. The summed E-state index contributed by atoms with van der Waals surface area (Å²) in [5.41, 5.74) is 9.85. The van der Waals surface area contributed by atoms with E-state index in [4.69, 9.17) is 5.73 Å². The molecule has 2 N–H and O–H groups in total. The van der Waals surface area contributed by atoms with Crippen LogP contribution < -0.4 is 5.73 Å². The van der Waals surface area contributed by atoms with Gasteiger partial charge < -0.3 is 5.73 Å². The van der Waals surface area contributed by atoms with Crippen LogP contribution in [0.4, 0.5) is 0 Å². The Hall–Kier alpha value is -1.35. The zero-order chi connectivity index (χ0) is 11.2. The Kier molecular flexibility index (Phi) is 2.04.